The number of rotatable bonds is 9. The van der Waals surface area contributed by atoms with Crippen LogP contribution in [-0.4, -0.2) is 31.3 Å². The zero-order valence-corrected chi connectivity index (χ0v) is 21.0. The summed E-state index contributed by atoms with van der Waals surface area (Å²) in [4.78, 5) is 11.2. The average Bonchev–Trinajstić information content (AvgIpc) is 2.83. The molecular formula is C30H36O5. The summed E-state index contributed by atoms with van der Waals surface area (Å²) in [5.41, 5.74) is 5.02. The molecule has 0 aliphatic heterocycles. The van der Waals surface area contributed by atoms with Crippen molar-refractivity contribution in [2.75, 3.05) is 13.9 Å². The standard InChI is InChI=1S/C30H36O5/c1-19(10-21-4-6-25(7-5-21)29(31)32)26-8-9-27(28(14-26)35-18-34-20(2)33-3)30-15-22-11-23(16-30)13-24(12-22)17-30/h4-10,14,20,22-24H,11-13,15-18H2,1-3H3,(H,31,32)/b19-10-. The molecule has 1 N–H and O–H groups in total. The van der Waals surface area contributed by atoms with E-state index in [1.54, 1.807) is 19.2 Å². The maximum Gasteiger partial charge on any atom is 0.335 e. The lowest BCUT2D eigenvalue weighted by Crippen LogP contribution is -2.48. The lowest BCUT2D eigenvalue weighted by atomic mass is 9.48. The van der Waals surface area contributed by atoms with Gasteiger partial charge in [-0.2, -0.15) is 0 Å². The van der Waals surface area contributed by atoms with Crippen LogP contribution in [0.25, 0.3) is 11.6 Å². The second-order valence-corrected chi connectivity index (χ2v) is 10.9. The van der Waals surface area contributed by atoms with E-state index in [0.29, 0.717) is 5.56 Å². The first-order valence-corrected chi connectivity index (χ1v) is 12.8. The Labute approximate surface area is 208 Å². The van der Waals surface area contributed by atoms with Gasteiger partial charge in [0.15, 0.2) is 13.1 Å². The second-order valence-electron chi connectivity index (χ2n) is 10.9. The van der Waals surface area contributed by atoms with E-state index in [0.717, 1.165) is 40.2 Å². The van der Waals surface area contributed by atoms with Crippen LogP contribution in [0.1, 0.15) is 79.4 Å². The monoisotopic (exact) mass is 476 g/mol. The van der Waals surface area contributed by atoms with Gasteiger partial charge in [-0.05, 0) is 110 Å². The van der Waals surface area contributed by atoms with Crippen LogP contribution in [0.15, 0.2) is 42.5 Å². The third kappa shape index (κ3) is 5.03. The van der Waals surface area contributed by atoms with Crippen molar-refractivity contribution >= 4 is 17.6 Å². The Hall–Kier alpha value is -2.63. The molecule has 1 atom stereocenters. The SMILES string of the molecule is COC(C)OCOc1cc(/C(C)=C\c2ccc(C(=O)O)cc2)ccc1C12CC3CC(CC(C3)C1)C2. The summed E-state index contributed by atoms with van der Waals surface area (Å²) in [6, 6.07) is 13.6. The Bertz CT molecular complexity index is 1060. The second kappa shape index (κ2) is 9.79. The maximum atomic E-state index is 11.2. The van der Waals surface area contributed by atoms with E-state index in [4.69, 9.17) is 19.3 Å². The van der Waals surface area contributed by atoms with E-state index in [-0.39, 0.29) is 18.5 Å². The average molecular weight is 477 g/mol. The predicted octanol–water partition coefficient (Wildman–Crippen LogP) is 6.76. The van der Waals surface area contributed by atoms with Crippen LogP contribution >= 0.6 is 0 Å². The molecule has 2 aromatic carbocycles. The van der Waals surface area contributed by atoms with Gasteiger partial charge in [0.05, 0.1) is 5.56 Å². The third-order valence-corrected chi connectivity index (χ3v) is 8.44. The number of aromatic carboxylic acids is 1. The summed E-state index contributed by atoms with van der Waals surface area (Å²) in [7, 11) is 1.63. The lowest BCUT2D eigenvalue weighted by Gasteiger charge is -2.57. The smallest absolute Gasteiger partial charge is 0.335 e. The number of allylic oxidation sites excluding steroid dienone is 1. The Balaban J connectivity index is 1.45. The van der Waals surface area contributed by atoms with Gasteiger partial charge in [0.2, 0.25) is 0 Å². The van der Waals surface area contributed by atoms with Gasteiger partial charge in [0, 0.05) is 12.7 Å². The van der Waals surface area contributed by atoms with Crippen LogP contribution < -0.4 is 4.74 Å². The molecular weight excluding hydrogens is 440 g/mol. The van der Waals surface area contributed by atoms with Gasteiger partial charge in [-0.25, -0.2) is 4.79 Å². The highest BCUT2D eigenvalue weighted by Crippen LogP contribution is 2.62. The minimum absolute atomic E-state index is 0.150. The Morgan fingerprint density at radius 1 is 1.03 bits per heavy atom. The van der Waals surface area contributed by atoms with Crippen LogP contribution in [0.4, 0.5) is 0 Å². The molecule has 6 rings (SSSR count). The number of hydrogen-bond acceptors (Lipinski definition) is 4. The highest BCUT2D eigenvalue weighted by atomic mass is 16.7. The van der Waals surface area contributed by atoms with E-state index in [2.05, 4.69) is 31.2 Å². The lowest BCUT2D eigenvalue weighted by molar-refractivity contribution is -0.150. The van der Waals surface area contributed by atoms with Crippen LogP contribution in [0.3, 0.4) is 0 Å². The van der Waals surface area contributed by atoms with Crippen molar-refractivity contribution in [2.24, 2.45) is 17.8 Å². The molecule has 4 saturated carbocycles. The fourth-order valence-corrected chi connectivity index (χ4v) is 7.08. The summed E-state index contributed by atoms with van der Waals surface area (Å²) in [5.74, 6) is 2.57. The van der Waals surface area contributed by atoms with E-state index in [1.165, 1.54) is 44.1 Å². The molecule has 4 aliphatic rings. The van der Waals surface area contributed by atoms with Crippen molar-refractivity contribution in [3.63, 3.8) is 0 Å². The molecule has 35 heavy (non-hydrogen) atoms. The van der Waals surface area contributed by atoms with Crippen molar-refractivity contribution in [1.29, 1.82) is 0 Å². The highest BCUT2D eigenvalue weighted by molar-refractivity contribution is 5.88. The first-order valence-electron chi connectivity index (χ1n) is 12.8. The molecule has 186 valence electrons. The van der Waals surface area contributed by atoms with Crippen LogP contribution in [0.2, 0.25) is 0 Å². The van der Waals surface area contributed by atoms with E-state index in [9.17, 15) is 4.79 Å². The van der Waals surface area contributed by atoms with Gasteiger partial charge < -0.3 is 19.3 Å². The van der Waals surface area contributed by atoms with Gasteiger partial charge in [-0.1, -0.05) is 30.3 Å². The molecule has 0 heterocycles. The summed E-state index contributed by atoms with van der Waals surface area (Å²) in [6.45, 7) is 4.09. The number of carboxylic acids is 1. The summed E-state index contributed by atoms with van der Waals surface area (Å²) in [6.07, 6.45) is 9.80. The highest BCUT2D eigenvalue weighted by Gasteiger charge is 2.52. The van der Waals surface area contributed by atoms with Gasteiger partial charge in [-0.3, -0.25) is 0 Å². The first-order chi connectivity index (χ1) is 16.8. The van der Waals surface area contributed by atoms with Gasteiger partial charge in [-0.15, -0.1) is 0 Å². The number of benzene rings is 2. The molecule has 0 amide bonds. The molecule has 0 spiro atoms. The van der Waals surface area contributed by atoms with E-state index in [1.807, 2.05) is 19.1 Å². The largest absolute Gasteiger partial charge is 0.478 e. The Morgan fingerprint density at radius 2 is 1.63 bits per heavy atom. The fourth-order valence-electron chi connectivity index (χ4n) is 7.08. The van der Waals surface area contributed by atoms with Gasteiger partial charge in [0.25, 0.3) is 0 Å². The zero-order valence-electron chi connectivity index (χ0n) is 21.0. The molecule has 2 aromatic rings. The molecule has 5 heteroatoms. The van der Waals surface area contributed by atoms with Crippen LogP contribution in [0.5, 0.6) is 5.75 Å². The minimum atomic E-state index is -0.913. The number of hydrogen-bond donors (Lipinski definition) is 1. The maximum absolute atomic E-state index is 11.2. The molecule has 0 saturated heterocycles. The van der Waals surface area contributed by atoms with Gasteiger partial charge >= 0.3 is 5.97 Å². The van der Waals surface area contributed by atoms with Crippen LogP contribution in [-0.2, 0) is 14.9 Å². The van der Waals surface area contributed by atoms with Crippen molar-refractivity contribution in [3.8, 4) is 5.75 Å². The van der Waals surface area contributed by atoms with E-state index >= 15 is 0 Å². The molecule has 0 radical (unpaired) electrons. The number of carbonyl (C=O) groups is 1. The summed E-state index contributed by atoms with van der Waals surface area (Å²) >= 11 is 0. The van der Waals surface area contributed by atoms with E-state index < -0.39 is 5.97 Å². The zero-order chi connectivity index (χ0) is 24.6. The van der Waals surface area contributed by atoms with Crippen molar-refractivity contribution in [2.45, 2.75) is 64.1 Å². The molecule has 1 unspecified atom stereocenters. The quantitative estimate of drug-likeness (QED) is 0.320. The molecule has 4 bridgehead atoms. The number of methoxy groups -OCH3 is 1. The van der Waals surface area contributed by atoms with Crippen molar-refractivity contribution < 1.29 is 24.1 Å². The molecule has 4 fully saturated rings. The van der Waals surface area contributed by atoms with Crippen molar-refractivity contribution in [3.05, 3.63) is 64.7 Å². The normalized spacial score (nSPS) is 28.2. The molecule has 0 aromatic heterocycles. The minimum Gasteiger partial charge on any atom is -0.478 e. The third-order valence-electron chi connectivity index (χ3n) is 8.44. The fraction of sp³-hybridized carbons (Fsp3) is 0.500. The summed E-state index contributed by atoms with van der Waals surface area (Å²) < 4.78 is 17.2. The number of carboxylic acid groups (broad SMARTS) is 1. The van der Waals surface area contributed by atoms with Crippen LogP contribution in [0, 0.1) is 17.8 Å². The predicted molar refractivity (Wildman–Crippen MR) is 136 cm³/mol. The first kappa shape index (κ1) is 24.1. The Kier molecular flexibility index (Phi) is 6.73. The molecule has 4 aliphatic carbocycles. The molecule has 5 nitrogen and oxygen atoms in total. The topological polar surface area (TPSA) is 65.0 Å². The van der Waals surface area contributed by atoms with Gasteiger partial charge in [0.1, 0.15) is 5.75 Å². The van der Waals surface area contributed by atoms with Crippen molar-refractivity contribution in [1.82, 2.24) is 0 Å². The summed E-state index contributed by atoms with van der Waals surface area (Å²) in [5, 5.41) is 9.15. The number of ether oxygens (including phenoxy) is 3. The Morgan fingerprint density at radius 3 is 2.20 bits per heavy atom.